The number of rotatable bonds is 6. The Balaban J connectivity index is 1.77. The summed E-state index contributed by atoms with van der Waals surface area (Å²) in [7, 11) is -3.53. The van der Waals surface area contributed by atoms with Crippen molar-refractivity contribution >= 4 is 26.0 Å². The van der Waals surface area contributed by atoms with E-state index in [4.69, 9.17) is 5.11 Å². The molecular weight excluding hydrogens is 342 g/mol. The molecule has 0 heterocycles. The van der Waals surface area contributed by atoms with Gasteiger partial charge in [0.1, 0.15) is 0 Å². The summed E-state index contributed by atoms with van der Waals surface area (Å²) in [6, 6.07) is 4.88. The molecule has 0 saturated heterocycles. The largest absolute Gasteiger partial charge is 0.392 e. The van der Waals surface area contributed by atoms with Crippen LogP contribution in [0, 0.1) is 11.3 Å². The summed E-state index contributed by atoms with van der Waals surface area (Å²) in [6.07, 6.45) is 4.76. The van der Waals surface area contributed by atoms with Gasteiger partial charge in [-0.2, -0.15) is 0 Å². The average molecular weight is 360 g/mol. The van der Waals surface area contributed by atoms with Crippen LogP contribution in [-0.4, -0.2) is 20.1 Å². The molecule has 0 atom stereocenters. The Morgan fingerprint density at radius 2 is 2.05 bits per heavy atom. The second-order valence-electron chi connectivity index (χ2n) is 5.88. The van der Waals surface area contributed by atoms with Gasteiger partial charge in [-0.1, -0.05) is 6.07 Å². The maximum Gasteiger partial charge on any atom is 0.241 e. The number of hydrogen-bond donors (Lipinski definition) is 2. The van der Waals surface area contributed by atoms with Gasteiger partial charge in [-0.25, -0.2) is 13.1 Å². The van der Waals surface area contributed by atoms with Crippen LogP contribution in [0.15, 0.2) is 27.6 Å². The standard InChI is InChI=1S/C14H18BrNO3S/c15-12-4-1-10(8-17)7-13(12)20(18,19)16-9-14(5-6-14)11-2-3-11/h1,4,7,11,16-17H,2-3,5-6,8-9H2. The van der Waals surface area contributed by atoms with Crippen molar-refractivity contribution in [3.05, 3.63) is 28.2 Å². The van der Waals surface area contributed by atoms with Gasteiger partial charge in [0, 0.05) is 11.0 Å². The number of sulfonamides is 1. The highest BCUT2D eigenvalue weighted by Crippen LogP contribution is 2.60. The molecule has 6 heteroatoms. The molecule has 1 aromatic rings. The Hall–Kier alpha value is -0.430. The zero-order chi connectivity index (χ0) is 14.4. The lowest BCUT2D eigenvalue weighted by Crippen LogP contribution is -2.31. The maximum atomic E-state index is 12.4. The molecule has 0 aromatic heterocycles. The van der Waals surface area contributed by atoms with Gasteiger partial charge >= 0.3 is 0 Å². The third-order valence-electron chi connectivity index (χ3n) is 4.42. The number of hydrogen-bond acceptors (Lipinski definition) is 3. The van der Waals surface area contributed by atoms with Crippen molar-refractivity contribution in [1.29, 1.82) is 0 Å². The Kier molecular flexibility index (Phi) is 3.69. The Morgan fingerprint density at radius 1 is 1.35 bits per heavy atom. The van der Waals surface area contributed by atoms with E-state index in [-0.39, 0.29) is 16.9 Å². The molecule has 0 aliphatic heterocycles. The van der Waals surface area contributed by atoms with E-state index >= 15 is 0 Å². The van der Waals surface area contributed by atoms with Crippen LogP contribution in [0.2, 0.25) is 0 Å². The van der Waals surface area contributed by atoms with Crippen molar-refractivity contribution in [2.75, 3.05) is 6.54 Å². The molecule has 2 N–H and O–H groups in total. The summed E-state index contributed by atoms with van der Waals surface area (Å²) in [6.45, 7) is 0.373. The van der Waals surface area contributed by atoms with Crippen LogP contribution in [0.3, 0.4) is 0 Å². The third-order valence-corrected chi connectivity index (χ3v) is 6.81. The van der Waals surface area contributed by atoms with Crippen LogP contribution < -0.4 is 4.72 Å². The molecule has 20 heavy (non-hydrogen) atoms. The number of nitrogens with one attached hydrogen (secondary N) is 1. The topological polar surface area (TPSA) is 66.4 Å². The summed E-state index contributed by atoms with van der Waals surface area (Å²) in [5, 5.41) is 9.14. The number of aliphatic hydroxyl groups excluding tert-OH is 1. The van der Waals surface area contributed by atoms with Crippen LogP contribution >= 0.6 is 15.9 Å². The Labute approximate surface area is 127 Å². The van der Waals surface area contributed by atoms with E-state index in [0.717, 1.165) is 18.8 Å². The minimum absolute atomic E-state index is 0.165. The quantitative estimate of drug-likeness (QED) is 0.819. The summed E-state index contributed by atoms with van der Waals surface area (Å²) >= 11 is 3.27. The highest BCUT2D eigenvalue weighted by molar-refractivity contribution is 9.10. The molecule has 2 aliphatic rings. The summed E-state index contributed by atoms with van der Waals surface area (Å²) in [5.74, 6) is 0.720. The number of halogens is 1. The SMILES string of the molecule is O=S(=O)(NCC1(C2CC2)CC1)c1cc(CO)ccc1Br. The summed E-state index contributed by atoms with van der Waals surface area (Å²) in [5.41, 5.74) is 0.825. The normalized spacial score (nSPS) is 20.9. The molecule has 2 saturated carbocycles. The second kappa shape index (κ2) is 5.09. The summed E-state index contributed by atoms with van der Waals surface area (Å²) in [4.78, 5) is 0.204. The van der Waals surface area contributed by atoms with E-state index < -0.39 is 10.0 Å². The monoisotopic (exact) mass is 359 g/mol. The minimum atomic E-state index is -3.53. The first-order valence-corrected chi connectivity index (χ1v) is 9.13. The van der Waals surface area contributed by atoms with Gasteiger partial charge in [0.15, 0.2) is 0 Å². The van der Waals surface area contributed by atoms with Gasteiger partial charge in [0.2, 0.25) is 10.0 Å². The fourth-order valence-corrected chi connectivity index (χ4v) is 4.90. The molecule has 3 rings (SSSR count). The van der Waals surface area contributed by atoms with Gasteiger partial charge in [-0.05, 0) is 70.6 Å². The van der Waals surface area contributed by atoms with Crippen LogP contribution in [0.5, 0.6) is 0 Å². The lowest BCUT2D eigenvalue weighted by molar-refractivity contribution is 0.281. The van der Waals surface area contributed by atoms with Gasteiger partial charge in [0.25, 0.3) is 0 Å². The van der Waals surface area contributed by atoms with Gasteiger partial charge in [0.05, 0.1) is 11.5 Å². The van der Waals surface area contributed by atoms with Crippen LogP contribution in [-0.2, 0) is 16.6 Å². The first kappa shape index (κ1) is 14.5. The summed E-state index contributed by atoms with van der Waals surface area (Å²) < 4.78 is 28.1. The third kappa shape index (κ3) is 2.79. The van der Waals surface area contributed by atoms with Gasteiger partial charge in [-0.3, -0.25) is 0 Å². The highest BCUT2D eigenvalue weighted by Gasteiger charge is 2.53. The molecule has 0 radical (unpaired) electrons. The molecule has 0 unspecified atom stereocenters. The molecular formula is C14H18BrNO3S. The van der Waals surface area contributed by atoms with Crippen LogP contribution in [0.25, 0.3) is 0 Å². The fraction of sp³-hybridized carbons (Fsp3) is 0.571. The average Bonchev–Trinajstić information content (AvgIpc) is 3.28. The molecule has 0 spiro atoms. The molecule has 4 nitrogen and oxygen atoms in total. The zero-order valence-electron chi connectivity index (χ0n) is 11.1. The smallest absolute Gasteiger partial charge is 0.241 e. The molecule has 0 bridgehead atoms. The van der Waals surface area contributed by atoms with Crippen molar-refractivity contribution in [1.82, 2.24) is 4.72 Å². The Bertz CT molecular complexity index is 621. The molecule has 2 aliphatic carbocycles. The first-order chi connectivity index (χ1) is 9.47. The van der Waals surface area contributed by atoms with E-state index in [1.54, 1.807) is 12.1 Å². The van der Waals surface area contributed by atoms with E-state index in [1.165, 1.54) is 18.9 Å². The maximum absolute atomic E-state index is 12.4. The van der Waals surface area contributed by atoms with E-state index in [2.05, 4.69) is 20.7 Å². The second-order valence-corrected chi connectivity index (χ2v) is 8.47. The van der Waals surface area contributed by atoms with Crippen LogP contribution in [0.1, 0.15) is 31.2 Å². The predicted octanol–water partition coefficient (Wildman–Crippen LogP) is 2.41. The number of aliphatic hydroxyl groups is 1. The van der Waals surface area contributed by atoms with Crippen LogP contribution in [0.4, 0.5) is 0 Å². The van der Waals surface area contributed by atoms with E-state index in [1.807, 2.05) is 0 Å². The fourth-order valence-electron chi connectivity index (χ4n) is 2.75. The van der Waals surface area contributed by atoms with Crippen molar-refractivity contribution in [3.63, 3.8) is 0 Å². The van der Waals surface area contributed by atoms with Crippen molar-refractivity contribution < 1.29 is 13.5 Å². The molecule has 1 aromatic carbocycles. The highest BCUT2D eigenvalue weighted by atomic mass is 79.9. The van der Waals surface area contributed by atoms with Crippen molar-refractivity contribution in [2.45, 2.75) is 37.2 Å². The molecule has 0 amide bonds. The van der Waals surface area contributed by atoms with E-state index in [0.29, 0.717) is 16.6 Å². The van der Waals surface area contributed by atoms with Crippen molar-refractivity contribution in [2.24, 2.45) is 11.3 Å². The lowest BCUT2D eigenvalue weighted by Gasteiger charge is -2.16. The zero-order valence-corrected chi connectivity index (χ0v) is 13.5. The minimum Gasteiger partial charge on any atom is -0.392 e. The van der Waals surface area contributed by atoms with E-state index in [9.17, 15) is 8.42 Å². The molecule has 2 fully saturated rings. The Morgan fingerprint density at radius 3 is 2.60 bits per heavy atom. The molecule has 110 valence electrons. The van der Waals surface area contributed by atoms with Crippen molar-refractivity contribution in [3.8, 4) is 0 Å². The lowest BCUT2D eigenvalue weighted by atomic mass is 10.0. The predicted molar refractivity (Wildman–Crippen MR) is 79.6 cm³/mol. The number of benzene rings is 1. The first-order valence-electron chi connectivity index (χ1n) is 6.86. The van der Waals surface area contributed by atoms with Gasteiger partial charge < -0.3 is 5.11 Å². The van der Waals surface area contributed by atoms with Gasteiger partial charge in [-0.15, -0.1) is 0 Å².